The molecule has 0 saturated heterocycles. The van der Waals surface area contributed by atoms with Crippen LogP contribution in [0.4, 0.5) is 0 Å². The molecule has 0 N–H and O–H groups in total. The molecule has 79 valence electrons. The number of fused-ring (bicyclic) bond motifs is 1. The molecule has 3 radical (unpaired) electrons. The standard InChI is InChI=1S/C14H13OSi/c1-10(2)11-7-8-14(15-9-16)13-6-4-3-5-12(11)13/h3-8H,1,9H2,2H3. The maximum atomic E-state index is 5.54. The van der Waals surface area contributed by atoms with Gasteiger partial charge in [-0.05, 0) is 23.9 Å². The zero-order valence-corrected chi connectivity index (χ0v) is 10.3. The van der Waals surface area contributed by atoms with E-state index in [9.17, 15) is 0 Å². The molecule has 0 heterocycles. The van der Waals surface area contributed by atoms with E-state index in [1.165, 1.54) is 10.9 Å². The van der Waals surface area contributed by atoms with Gasteiger partial charge in [-0.15, -0.1) is 0 Å². The van der Waals surface area contributed by atoms with Gasteiger partial charge in [0.2, 0.25) is 0 Å². The molecule has 1 nitrogen and oxygen atoms in total. The number of benzene rings is 2. The highest BCUT2D eigenvalue weighted by Crippen LogP contribution is 2.31. The van der Waals surface area contributed by atoms with E-state index < -0.39 is 0 Å². The molecule has 0 aliphatic rings. The van der Waals surface area contributed by atoms with Gasteiger partial charge in [0, 0.05) is 5.39 Å². The molecule has 0 spiro atoms. The number of hydrogen-bond donors (Lipinski definition) is 0. The summed E-state index contributed by atoms with van der Waals surface area (Å²) in [6, 6.07) is 12.3. The number of allylic oxidation sites excluding steroid dienone is 1. The predicted octanol–water partition coefficient (Wildman–Crippen LogP) is 3.38. The van der Waals surface area contributed by atoms with Crippen molar-refractivity contribution in [1.82, 2.24) is 0 Å². The van der Waals surface area contributed by atoms with Gasteiger partial charge in [-0.25, -0.2) is 0 Å². The highest BCUT2D eigenvalue weighted by atomic mass is 28.1. The quantitative estimate of drug-likeness (QED) is 0.728. The van der Waals surface area contributed by atoms with E-state index in [0.29, 0.717) is 6.23 Å². The third kappa shape index (κ3) is 1.88. The Labute approximate surface area is 99.2 Å². The van der Waals surface area contributed by atoms with Gasteiger partial charge in [0.15, 0.2) is 0 Å². The Morgan fingerprint density at radius 3 is 2.50 bits per heavy atom. The lowest BCUT2D eigenvalue weighted by Crippen LogP contribution is -1.96. The summed E-state index contributed by atoms with van der Waals surface area (Å²) >= 11 is 0. The highest BCUT2D eigenvalue weighted by molar-refractivity contribution is 6.08. The first-order valence-electron chi connectivity index (χ1n) is 5.19. The van der Waals surface area contributed by atoms with Crippen molar-refractivity contribution in [1.29, 1.82) is 0 Å². The van der Waals surface area contributed by atoms with Crippen molar-refractivity contribution in [3.8, 4) is 5.75 Å². The fraction of sp³-hybridized carbons (Fsp3) is 0.143. The van der Waals surface area contributed by atoms with Gasteiger partial charge in [0.05, 0.1) is 16.5 Å². The Morgan fingerprint density at radius 1 is 1.19 bits per heavy atom. The van der Waals surface area contributed by atoms with Crippen molar-refractivity contribution in [2.45, 2.75) is 6.92 Å². The van der Waals surface area contributed by atoms with Crippen molar-refractivity contribution in [3.05, 3.63) is 48.5 Å². The SMILES string of the molecule is C=C(C)c1ccc(OC[Si])c2ccccc12. The summed E-state index contributed by atoms with van der Waals surface area (Å²) in [5, 5.41) is 2.31. The average molecular weight is 225 g/mol. The lowest BCUT2D eigenvalue weighted by atomic mass is 9.99. The van der Waals surface area contributed by atoms with Crippen LogP contribution in [-0.4, -0.2) is 16.5 Å². The second-order valence-electron chi connectivity index (χ2n) is 3.73. The molecule has 0 aliphatic heterocycles. The lowest BCUT2D eigenvalue weighted by Gasteiger charge is -2.11. The van der Waals surface area contributed by atoms with Crippen molar-refractivity contribution in [3.63, 3.8) is 0 Å². The zero-order valence-electron chi connectivity index (χ0n) is 9.29. The molecule has 2 rings (SSSR count). The molecule has 0 aromatic heterocycles. The van der Waals surface area contributed by atoms with E-state index in [4.69, 9.17) is 4.74 Å². The molecule has 2 aromatic rings. The predicted molar refractivity (Wildman–Crippen MR) is 69.9 cm³/mol. The second kappa shape index (κ2) is 4.54. The monoisotopic (exact) mass is 225 g/mol. The summed E-state index contributed by atoms with van der Waals surface area (Å²) in [5.41, 5.74) is 2.25. The van der Waals surface area contributed by atoms with Crippen molar-refractivity contribution in [2.75, 3.05) is 6.23 Å². The van der Waals surface area contributed by atoms with Crippen molar-refractivity contribution < 1.29 is 4.74 Å². The van der Waals surface area contributed by atoms with Crippen LogP contribution in [0, 0.1) is 0 Å². The number of hydrogen-bond acceptors (Lipinski definition) is 1. The summed E-state index contributed by atoms with van der Waals surface area (Å²) in [6.45, 7) is 6.02. The summed E-state index contributed by atoms with van der Waals surface area (Å²) < 4.78 is 5.54. The smallest absolute Gasteiger partial charge is 0.126 e. The molecule has 0 saturated carbocycles. The molecule has 0 bridgehead atoms. The number of ether oxygens (including phenoxy) is 1. The van der Waals surface area contributed by atoms with Crippen LogP contribution in [0.1, 0.15) is 12.5 Å². The Bertz CT molecular complexity index is 531. The first-order valence-corrected chi connectivity index (χ1v) is 5.90. The van der Waals surface area contributed by atoms with E-state index in [1.807, 2.05) is 25.1 Å². The molecular formula is C14H13OSi. The van der Waals surface area contributed by atoms with Crippen LogP contribution in [0.3, 0.4) is 0 Å². The van der Waals surface area contributed by atoms with Gasteiger partial charge in [-0.2, -0.15) is 0 Å². The lowest BCUT2D eigenvalue weighted by molar-refractivity contribution is 0.392. The molecule has 0 aliphatic carbocycles. The van der Waals surface area contributed by atoms with Crippen LogP contribution >= 0.6 is 0 Å². The molecule has 2 aromatic carbocycles. The second-order valence-corrected chi connectivity index (χ2v) is 4.01. The average Bonchev–Trinajstić information content (AvgIpc) is 2.29. The maximum Gasteiger partial charge on any atom is 0.126 e. The van der Waals surface area contributed by atoms with Gasteiger partial charge >= 0.3 is 0 Å². The largest absolute Gasteiger partial charge is 0.497 e. The van der Waals surface area contributed by atoms with Gasteiger partial charge in [0.25, 0.3) is 0 Å². The van der Waals surface area contributed by atoms with Crippen LogP contribution in [0.15, 0.2) is 43.0 Å². The van der Waals surface area contributed by atoms with Crippen molar-refractivity contribution in [2.24, 2.45) is 0 Å². The molecule has 0 atom stereocenters. The minimum Gasteiger partial charge on any atom is -0.497 e. The van der Waals surface area contributed by atoms with Crippen LogP contribution in [0.2, 0.25) is 0 Å². The minimum absolute atomic E-state index is 0.496. The van der Waals surface area contributed by atoms with Gasteiger partial charge in [0.1, 0.15) is 5.75 Å². The molecular weight excluding hydrogens is 212 g/mol. The summed E-state index contributed by atoms with van der Waals surface area (Å²) in [7, 11) is 3.33. The first-order chi connectivity index (χ1) is 7.74. The van der Waals surface area contributed by atoms with Crippen LogP contribution in [0.25, 0.3) is 16.3 Å². The molecule has 0 unspecified atom stereocenters. The molecule has 0 fully saturated rings. The Kier molecular flexibility index (Phi) is 3.11. The molecule has 2 heteroatoms. The topological polar surface area (TPSA) is 9.23 Å². The fourth-order valence-corrected chi connectivity index (χ4v) is 2.00. The van der Waals surface area contributed by atoms with E-state index >= 15 is 0 Å². The minimum atomic E-state index is 0.496. The highest BCUT2D eigenvalue weighted by Gasteiger charge is 2.06. The normalized spacial score (nSPS) is 10.4. The van der Waals surface area contributed by atoms with Gasteiger partial charge in [-0.3, -0.25) is 0 Å². The molecule has 0 amide bonds. The summed E-state index contributed by atoms with van der Waals surface area (Å²) in [6.07, 6.45) is 0.496. The van der Waals surface area contributed by atoms with Crippen LogP contribution in [-0.2, 0) is 0 Å². The maximum absolute atomic E-state index is 5.54. The third-order valence-corrected chi connectivity index (χ3v) is 2.72. The summed E-state index contributed by atoms with van der Waals surface area (Å²) in [4.78, 5) is 0. The van der Waals surface area contributed by atoms with Gasteiger partial charge in [-0.1, -0.05) is 42.5 Å². The van der Waals surface area contributed by atoms with Crippen LogP contribution in [0.5, 0.6) is 5.75 Å². The van der Waals surface area contributed by atoms with E-state index in [-0.39, 0.29) is 0 Å². The Balaban J connectivity index is 2.71. The van der Waals surface area contributed by atoms with Gasteiger partial charge < -0.3 is 4.74 Å². The third-order valence-electron chi connectivity index (χ3n) is 2.57. The fourth-order valence-electron chi connectivity index (χ4n) is 1.85. The van der Waals surface area contributed by atoms with E-state index in [0.717, 1.165) is 16.7 Å². The van der Waals surface area contributed by atoms with E-state index in [2.05, 4.69) is 35.0 Å². The van der Waals surface area contributed by atoms with E-state index in [1.54, 1.807) is 0 Å². The zero-order chi connectivity index (χ0) is 11.5. The Hall–Kier alpha value is -1.54. The summed E-state index contributed by atoms with van der Waals surface area (Å²) in [5.74, 6) is 0.899. The molecule has 16 heavy (non-hydrogen) atoms. The van der Waals surface area contributed by atoms with Crippen molar-refractivity contribution >= 4 is 26.6 Å². The number of rotatable bonds is 3. The Morgan fingerprint density at radius 2 is 1.88 bits per heavy atom. The van der Waals surface area contributed by atoms with Crippen LogP contribution < -0.4 is 4.74 Å². The first kappa shape index (κ1) is 11.0.